The second kappa shape index (κ2) is 3.50. The number of aromatic amines is 2. The van der Waals surface area contributed by atoms with Gasteiger partial charge in [0, 0.05) is 0 Å². The number of nitrogens with zero attached hydrogens (tertiary/aromatic N) is 1. The van der Waals surface area contributed by atoms with Crippen molar-refractivity contribution < 1.29 is 4.39 Å². The highest BCUT2D eigenvalue weighted by molar-refractivity contribution is 9.10. The zero-order chi connectivity index (χ0) is 11.0. The Morgan fingerprint density at radius 1 is 1.20 bits per heavy atom. The van der Waals surface area contributed by atoms with Crippen LogP contribution in [-0.4, -0.2) is 14.8 Å². The number of H-pyrrole nitrogens is 2. The van der Waals surface area contributed by atoms with Crippen LogP contribution in [-0.2, 0) is 0 Å². The van der Waals surface area contributed by atoms with E-state index in [1.54, 1.807) is 0 Å². The van der Waals surface area contributed by atoms with Crippen molar-refractivity contribution in [3.63, 3.8) is 0 Å². The van der Waals surface area contributed by atoms with Crippen LogP contribution >= 0.6 is 15.9 Å². The third kappa shape index (κ3) is 1.65. The van der Waals surface area contributed by atoms with Crippen LogP contribution in [0.3, 0.4) is 0 Å². The number of halogens is 2. The third-order valence-electron chi connectivity index (χ3n) is 1.84. The minimum absolute atomic E-state index is 0.170. The summed E-state index contributed by atoms with van der Waals surface area (Å²) >= 11 is 2.97. The van der Waals surface area contributed by atoms with Crippen LogP contribution in [0.5, 0.6) is 0 Å². The fourth-order valence-corrected chi connectivity index (χ4v) is 1.42. The number of hydrogen-bond donors (Lipinski definition) is 2. The molecule has 1 aromatic carbocycles. The Bertz CT molecular complexity index is 585. The second-order valence-corrected chi connectivity index (χ2v) is 3.65. The van der Waals surface area contributed by atoms with Gasteiger partial charge in [0.05, 0.1) is 10.2 Å². The smallest absolute Gasteiger partial charge is 0.247 e. The van der Waals surface area contributed by atoms with Gasteiger partial charge in [-0.2, -0.15) is 0 Å². The van der Waals surface area contributed by atoms with Crippen LogP contribution < -0.4 is 11.4 Å². The summed E-state index contributed by atoms with van der Waals surface area (Å²) in [7, 11) is 0. The van der Waals surface area contributed by atoms with Crippen molar-refractivity contribution in [3.8, 4) is 5.69 Å². The molecule has 1 heterocycles. The Balaban J connectivity index is 2.70. The molecule has 15 heavy (non-hydrogen) atoms. The van der Waals surface area contributed by atoms with Gasteiger partial charge in [0.25, 0.3) is 0 Å². The molecule has 0 aliphatic heterocycles. The van der Waals surface area contributed by atoms with Gasteiger partial charge < -0.3 is 0 Å². The minimum atomic E-state index is -0.637. The molecule has 1 aromatic heterocycles. The number of rotatable bonds is 1. The molecule has 2 rings (SSSR count). The van der Waals surface area contributed by atoms with E-state index in [0.717, 1.165) is 10.6 Å². The lowest BCUT2D eigenvalue weighted by molar-refractivity contribution is 0.619. The number of hydrogen-bond acceptors (Lipinski definition) is 2. The van der Waals surface area contributed by atoms with Gasteiger partial charge in [-0.1, -0.05) is 0 Å². The lowest BCUT2D eigenvalue weighted by Gasteiger charge is -1.99. The van der Waals surface area contributed by atoms with E-state index in [4.69, 9.17) is 0 Å². The molecule has 7 heteroatoms. The minimum Gasteiger partial charge on any atom is -0.247 e. The Morgan fingerprint density at radius 2 is 1.80 bits per heavy atom. The molecule has 2 N–H and O–H groups in total. The van der Waals surface area contributed by atoms with Crippen LogP contribution in [0.25, 0.3) is 5.69 Å². The Morgan fingerprint density at radius 3 is 2.33 bits per heavy atom. The van der Waals surface area contributed by atoms with E-state index < -0.39 is 17.2 Å². The molecule has 0 bridgehead atoms. The summed E-state index contributed by atoms with van der Waals surface area (Å²) in [6.07, 6.45) is 0. The van der Waals surface area contributed by atoms with Gasteiger partial charge in [-0.15, -0.1) is 0 Å². The molecule has 0 atom stereocenters. The van der Waals surface area contributed by atoms with Gasteiger partial charge in [0.15, 0.2) is 0 Å². The first-order valence-corrected chi connectivity index (χ1v) is 4.74. The van der Waals surface area contributed by atoms with Gasteiger partial charge in [-0.05, 0) is 34.1 Å². The summed E-state index contributed by atoms with van der Waals surface area (Å²) < 4.78 is 14.2. The maximum atomic E-state index is 13.1. The van der Waals surface area contributed by atoms with E-state index in [9.17, 15) is 14.0 Å². The SMILES string of the molecule is O=c1[nH][nH]c(=O)n1-c1ccc(Br)c(F)c1. The molecule has 0 spiro atoms. The zero-order valence-electron chi connectivity index (χ0n) is 7.25. The first-order valence-electron chi connectivity index (χ1n) is 3.95. The van der Waals surface area contributed by atoms with Gasteiger partial charge in [0.2, 0.25) is 0 Å². The summed E-state index contributed by atoms with van der Waals surface area (Å²) in [5, 5.41) is 4.21. The van der Waals surface area contributed by atoms with Crippen LogP contribution in [0.2, 0.25) is 0 Å². The maximum Gasteiger partial charge on any atom is 0.348 e. The average Bonchev–Trinajstić information content (AvgIpc) is 2.52. The summed E-state index contributed by atoms with van der Waals surface area (Å²) in [5.74, 6) is -0.542. The van der Waals surface area contributed by atoms with Crippen LogP contribution in [0.1, 0.15) is 0 Å². The highest BCUT2D eigenvalue weighted by Gasteiger charge is 2.07. The third-order valence-corrected chi connectivity index (χ3v) is 2.49. The molecule has 2 aromatic rings. The topological polar surface area (TPSA) is 70.7 Å². The molecule has 78 valence electrons. The van der Waals surface area contributed by atoms with E-state index in [2.05, 4.69) is 26.1 Å². The normalized spacial score (nSPS) is 10.5. The van der Waals surface area contributed by atoms with Gasteiger partial charge in [-0.25, -0.2) is 28.7 Å². The molecular weight excluding hydrogens is 269 g/mol. The first kappa shape index (κ1) is 9.91. The molecule has 5 nitrogen and oxygen atoms in total. The van der Waals surface area contributed by atoms with E-state index in [1.807, 2.05) is 0 Å². The fourth-order valence-electron chi connectivity index (χ4n) is 1.17. The molecule has 0 unspecified atom stereocenters. The summed E-state index contributed by atoms with van der Waals surface area (Å²) in [4.78, 5) is 22.4. The lowest BCUT2D eigenvalue weighted by atomic mass is 10.3. The molecule has 0 aliphatic rings. The van der Waals surface area contributed by atoms with Crippen molar-refractivity contribution in [3.05, 3.63) is 49.5 Å². The Hall–Kier alpha value is -1.63. The monoisotopic (exact) mass is 273 g/mol. The molecule has 0 saturated heterocycles. The van der Waals surface area contributed by atoms with Crippen molar-refractivity contribution >= 4 is 15.9 Å². The van der Waals surface area contributed by atoms with E-state index >= 15 is 0 Å². The van der Waals surface area contributed by atoms with Crippen molar-refractivity contribution in [2.75, 3.05) is 0 Å². The highest BCUT2D eigenvalue weighted by atomic mass is 79.9. The Labute approximate surface area is 90.7 Å². The molecular formula is C8H5BrFN3O2. The maximum absolute atomic E-state index is 13.1. The molecule has 0 radical (unpaired) electrons. The Kier molecular flexibility index (Phi) is 2.31. The molecule has 0 aliphatic carbocycles. The average molecular weight is 274 g/mol. The predicted octanol–water partition coefficient (Wildman–Crippen LogP) is 0.755. The van der Waals surface area contributed by atoms with Crippen LogP contribution in [0, 0.1) is 5.82 Å². The zero-order valence-corrected chi connectivity index (χ0v) is 8.84. The number of benzene rings is 1. The summed E-state index contributed by atoms with van der Waals surface area (Å²) in [6, 6.07) is 3.97. The largest absolute Gasteiger partial charge is 0.348 e. The van der Waals surface area contributed by atoms with Gasteiger partial charge >= 0.3 is 11.4 Å². The highest BCUT2D eigenvalue weighted by Crippen LogP contribution is 2.17. The lowest BCUT2D eigenvalue weighted by Crippen LogP contribution is -2.24. The van der Waals surface area contributed by atoms with E-state index in [-0.39, 0.29) is 10.2 Å². The van der Waals surface area contributed by atoms with Gasteiger partial charge in [0.1, 0.15) is 5.82 Å². The van der Waals surface area contributed by atoms with Crippen molar-refractivity contribution in [2.24, 2.45) is 0 Å². The van der Waals surface area contributed by atoms with Crippen molar-refractivity contribution in [2.45, 2.75) is 0 Å². The second-order valence-electron chi connectivity index (χ2n) is 2.79. The van der Waals surface area contributed by atoms with Gasteiger partial charge in [-0.3, -0.25) is 0 Å². The summed E-state index contributed by atoms with van der Waals surface area (Å²) in [6.45, 7) is 0. The van der Waals surface area contributed by atoms with Crippen LogP contribution in [0.15, 0.2) is 32.3 Å². The summed E-state index contributed by atoms with van der Waals surface area (Å²) in [5.41, 5.74) is -1.10. The number of aromatic nitrogens is 3. The van der Waals surface area contributed by atoms with E-state index in [1.165, 1.54) is 12.1 Å². The van der Waals surface area contributed by atoms with Crippen molar-refractivity contribution in [1.82, 2.24) is 14.8 Å². The van der Waals surface area contributed by atoms with Crippen molar-refractivity contribution in [1.29, 1.82) is 0 Å². The molecule has 0 fully saturated rings. The fraction of sp³-hybridized carbons (Fsp3) is 0. The quantitative estimate of drug-likeness (QED) is 0.805. The number of nitrogens with one attached hydrogen (secondary N) is 2. The van der Waals surface area contributed by atoms with E-state index in [0.29, 0.717) is 0 Å². The first-order chi connectivity index (χ1) is 7.09. The predicted molar refractivity (Wildman–Crippen MR) is 54.7 cm³/mol. The standard InChI is InChI=1S/C8H5BrFN3O2/c9-5-2-1-4(3-6(5)10)13-7(14)11-12-8(13)15/h1-3H,(H,11,14)(H,12,15). The molecule has 0 amide bonds. The molecule has 0 saturated carbocycles. The van der Waals surface area contributed by atoms with Crippen LogP contribution in [0.4, 0.5) is 4.39 Å².